The van der Waals surface area contributed by atoms with Crippen molar-refractivity contribution in [2.75, 3.05) is 32.0 Å². The molecule has 1 heterocycles. The fourth-order valence-corrected chi connectivity index (χ4v) is 3.44. The summed E-state index contributed by atoms with van der Waals surface area (Å²) < 4.78 is 0. The Morgan fingerprint density at radius 2 is 1.83 bits per heavy atom. The number of carbonyl (C=O) groups excluding carboxylic acids is 2. The molecule has 1 aliphatic rings. The molecule has 0 fully saturated rings. The highest BCUT2D eigenvalue weighted by atomic mass is 35.5. The SMILES string of the molecule is CN=C(NCCNC(=O)c1ccccc1Cl)NCC1CC(=O)Nc2ccccc21. The topological polar surface area (TPSA) is 94.6 Å². The number of para-hydroxylation sites is 1. The first kappa shape index (κ1) is 20.7. The molecule has 1 atom stereocenters. The number of fused-ring (bicyclic) bond motifs is 1. The molecule has 0 saturated carbocycles. The maximum absolute atomic E-state index is 12.2. The molecule has 0 saturated heterocycles. The molecular formula is C21H24ClN5O2. The molecular weight excluding hydrogens is 390 g/mol. The lowest BCUT2D eigenvalue weighted by atomic mass is 9.90. The van der Waals surface area contributed by atoms with E-state index in [4.69, 9.17) is 11.6 Å². The largest absolute Gasteiger partial charge is 0.356 e. The molecule has 2 aromatic rings. The van der Waals surface area contributed by atoms with Gasteiger partial charge in [0.05, 0.1) is 10.6 Å². The van der Waals surface area contributed by atoms with Crippen LogP contribution >= 0.6 is 11.6 Å². The summed E-state index contributed by atoms with van der Waals surface area (Å²) in [4.78, 5) is 28.3. The number of benzene rings is 2. The Kier molecular flexibility index (Phi) is 7.08. The number of carbonyl (C=O) groups is 2. The van der Waals surface area contributed by atoms with Crippen molar-refractivity contribution in [3.63, 3.8) is 0 Å². The predicted molar refractivity (Wildman–Crippen MR) is 116 cm³/mol. The standard InChI is InChI=1S/C21H24ClN5O2/c1-23-21(25-11-10-24-20(29)16-7-2-4-8-17(16)22)26-13-14-12-19(28)27-18-9-5-3-6-15(14)18/h2-9,14H,10-13H2,1H3,(H,24,29)(H,27,28)(H2,23,25,26). The van der Waals surface area contributed by atoms with Gasteiger partial charge in [-0.1, -0.05) is 41.9 Å². The van der Waals surface area contributed by atoms with E-state index in [-0.39, 0.29) is 17.7 Å². The zero-order valence-electron chi connectivity index (χ0n) is 16.2. The molecule has 29 heavy (non-hydrogen) atoms. The molecule has 152 valence electrons. The Labute approximate surface area is 174 Å². The number of hydrogen-bond donors (Lipinski definition) is 4. The zero-order chi connectivity index (χ0) is 20.6. The highest BCUT2D eigenvalue weighted by Gasteiger charge is 2.24. The molecule has 0 spiro atoms. The van der Waals surface area contributed by atoms with Crippen molar-refractivity contribution in [1.82, 2.24) is 16.0 Å². The fourth-order valence-electron chi connectivity index (χ4n) is 3.22. The van der Waals surface area contributed by atoms with E-state index in [1.54, 1.807) is 31.3 Å². The number of hydrogen-bond acceptors (Lipinski definition) is 3. The van der Waals surface area contributed by atoms with Crippen molar-refractivity contribution in [1.29, 1.82) is 0 Å². The van der Waals surface area contributed by atoms with Crippen LogP contribution in [0.15, 0.2) is 53.5 Å². The van der Waals surface area contributed by atoms with Gasteiger partial charge in [0.15, 0.2) is 5.96 Å². The van der Waals surface area contributed by atoms with E-state index in [1.165, 1.54) is 0 Å². The highest BCUT2D eigenvalue weighted by molar-refractivity contribution is 6.33. The first-order valence-electron chi connectivity index (χ1n) is 9.44. The van der Waals surface area contributed by atoms with Crippen LogP contribution in [-0.2, 0) is 4.79 Å². The lowest BCUT2D eigenvalue weighted by Crippen LogP contribution is -2.43. The summed E-state index contributed by atoms with van der Waals surface area (Å²) in [5, 5.41) is 12.6. The third-order valence-corrected chi connectivity index (χ3v) is 5.00. The number of halogens is 1. The van der Waals surface area contributed by atoms with Gasteiger partial charge in [0.2, 0.25) is 5.91 Å². The number of nitrogens with one attached hydrogen (secondary N) is 4. The number of nitrogens with zero attached hydrogens (tertiary/aromatic N) is 1. The lowest BCUT2D eigenvalue weighted by Gasteiger charge is -2.26. The van der Waals surface area contributed by atoms with Crippen LogP contribution in [0.1, 0.15) is 28.3 Å². The average Bonchev–Trinajstić information content (AvgIpc) is 2.73. The Hall–Kier alpha value is -3.06. The van der Waals surface area contributed by atoms with Crippen molar-refractivity contribution >= 4 is 35.1 Å². The number of rotatable bonds is 6. The van der Waals surface area contributed by atoms with E-state index < -0.39 is 0 Å². The Morgan fingerprint density at radius 3 is 2.62 bits per heavy atom. The van der Waals surface area contributed by atoms with Crippen molar-refractivity contribution < 1.29 is 9.59 Å². The molecule has 0 bridgehead atoms. The quantitative estimate of drug-likeness (QED) is 0.332. The predicted octanol–water partition coefficient (Wildman–Crippen LogP) is 2.36. The lowest BCUT2D eigenvalue weighted by molar-refractivity contribution is -0.116. The first-order chi connectivity index (χ1) is 14.1. The summed E-state index contributed by atoms with van der Waals surface area (Å²) in [5.74, 6) is 0.477. The van der Waals surface area contributed by atoms with Gasteiger partial charge in [-0.25, -0.2) is 0 Å². The summed E-state index contributed by atoms with van der Waals surface area (Å²) in [6, 6.07) is 14.7. The molecule has 0 aromatic heterocycles. The van der Waals surface area contributed by atoms with Gasteiger partial charge in [0.25, 0.3) is 5.91 Å². The van der Waals surface area contributed by atoms with Gasteiger partial charge in [-0.05, 0) is 23.8 Å². The van der Waals surface area contributed by atoms with Gasteiger partial charge in [0.1, 0.15) is 0 Å². The van der Waals surface area contributed by atoms with E-state index >= 15 is 0 Å². The number of aliphatic imine (C=N–C) groups is 1. The van der Waals surface area contributed by atoms with E-state index in [1.807, 2.05) is 24.3 Å². The monoisotopic (exact) mass is 413 g/mol. The number of anilines is 1. The molecule has 1 unspecified atom stereocenters. The van der Waals surface area contributed by atoms with Crippen LogP contribution in [-0.4, -0.2) is 44.5 Å². The third-order valence-electron chi connectivity index (χ3n) is 4.67. The van der Waals surface area contributed by atoms with E-state index in [0.717, 1.165) is 11.3 Å². The molecule has 2 aromatic carbocycles. The molecule has 0 radical (unpaired) electrons. The van der Waals surface area contributed by atoms with Crippen LogP contribution in [0.4, 0.5) is 5.69 Å². The average molecular weight is 414 g/mol. The summed E-state index contributed by atoms with van der Waals surface area (Å²) in [6.45, 7) is 1.49. The second-order valence-corrected chi connectivity index (χ2v) is 7.06. The smallest absolute Gasteiger partial charge is 0.252 e. The third kappa shape index (κ3) is 5.48. The van der Waals surface area contributed by atoms with Crippen LogP contribution in [0.2, 0.25) is 5.02 Å². The minimum atomic E-state index is -0.217. The van der Waals surface area contributed by atoms with Crippen LogP contribution in [0.5, 0.6) is 0 Å². The molecule has 3 rings (SSSR count). The molecule has 4 N–H and O–H groups in total. The van der Waals surface area contributed by atoms with Gasteiger partial charge in [0, 0.05) is 44.7 Å². The maximum Gasteiger partial charge on any atom is 0.252 e. The van der Waals surface area contributed by atoms with Crippen LogP contribution < -0.4 is 21.3 Å². The fraction of sp³-hybridized carbons (Fsp3) is 0.286. The van der Waals surface area contributed by atoms with Gasteiger partial charge < -0.3 is 21.3 Å². The van der Waals surface area contributed by atoms with Crippen molar-refractivity contribution in [2.45, 2.75) is 12.3 Å². The molecule has 7 nitrogen and oxygen atoms in total. The van der Waals surface area contributed by atoms with Crippen LogP contribution in [0.3, 0.4) is 0 Å². The van der Waals surface area contributed by atoms with Gasteiger partial charge >= 0.3 is 0 Å². The maximum atomic E-state index is 12.2. The first-order valence-corrected chi connectivity index (χ1v) is 9.82. The van der Waals surface area contributed by atoms with E-state index in [9.17, 15) is 9.59 Å². The summed E-state index contributed by atoms with van der Waals surface area (Å²) in [5.41, 5.74) is 2.42. The number of guanidine groups is 1. The molecule has 8 heteroatoms. The van der Waals surface area contributed by atoms with Crippen LogP contribution in [0.25, 0.3) is 0 Å². The second-order valence-electron chi connectivity index (χ2n) is 6.65. The molecule has 1 aliphatic heterocycles. The normalized spacial score (nSPS) is 15.9. The Balaban J connectivity index is 1.45. The minimum absolute atomic E-state index is 0.0146. The minimum Gasteiger partial charge on any atom is -0.356 e. The zero-order valence-corrected chi connectivity index (χ0v) is 16.9. The van der Waals surface area contributed by atoms with Crippen LogP contribution in [0, 0.1) is 0 Å². The summed E-state index contributed by atoms with van der Waals surface area (Å²) >= 11 is 6.03. The van der Waals surface area contributed by atoms with Crippen molar-refractivity contribution in [2.24, 2.45) is 4.99 Å². The Morgan fingerprint density at radius 1 is 1.10 bits per heavy atom. The molecule has 2 amide bonds. The summed E-state index contributed by atoms with van der Waals surface area (Å²) in [7, 11) is 1.68. The Bertz CT molecular complexity index is 915. The highest BCUT2D eigenvalue weighted by Crippen LogP contribution is 2.31. The van der Waals surface area contributed by atoms with E-state index in [0.29, 0.717) is 42.6 Å². The number of amides is 2. The van der Waals surface area contributed by atoms with E-state index in [2.05, 4.69) is 26.3 Å². The summed E-state index contributed by atoms with van der Waals surface area (Å²) in [6.07, 6.45) is 0.425. The molecule has 0 aliphatic carbocycles. The van der Waals surface area contributed by atoms with Gasteiger partial charge in [-0.15, -0.1) is 0 Å². The second kappa shape index (κ2) is 9.93. The van der Waals surface area contributed by atoms with Gasteiger partial charge in [-0.2, -0.15) is 0 Å². The van der Waals surface area contributed by atoms with Gasteiger partial charge in [-0.3, -0.25) is 14.6 Å². The van der Waals surface area contributed by atoms with Crippen molar-refractivity contribution in [3.8, 4) is 0 Å². The van der Waals surface area contributed by atoms with Crippen molar-refractivity contribution in [3.05, 3.63) is 64.7 Å².